The predicted molar refractivity (Wildman–Crippen MR) is 58.5 cm³/mol. The van der Waals surface area contributed by atoms with Crippen molar-refractivity contribution in [3.8, 4) is 0 Å². The molecule has 0 saturated heterocycles. The molecular weight excluding hydrogens is 204 g/mol. The molecule has 2 unspecified atom stereocenters. The van der Waals surface area contributed by atoms with Gasteiger partial charge in [-0.05, 0) is 37.5 Å². The first-order chi connectivity index (χ1) is 7.70. The van der Waals surface area contributed by atoms with E-state index in [0.29, 0.717) is 5.76 Å². The van der Waals surface area contributed by atoms with Crippen molar-refractivity contribution in [1.82, 2.24) is 0 Å². The van der Waals surface area contributed by atoms with Crippen molar-refractivity contribution >= 4 is 5.97 Å². The molecule has 0 radical (unpaired) electrons. The summed E-state index contributed by atoms with van der Waals surface area (Å²) in [6.45, 7) is 1.43. The van der Waals surface area contributed by atoms with Crippen LogP contribution in [0.5, 0.6) is 0 Å². The SMILES string of the molecule is CC(=O)OC1=C2CCCC23C=CC(C=C1)O3. The lowest BCUT2D eigenvalue weighted by Gasteiger charge is -2.24. The van der Waals surface area contributed by atoms with E-state index in [-0.39, 0.29) is 17.7 Å². The van der Waals surface area contributed by atoms with Gasteiger partial charge in [-0.3, -0.25) is 4.79 Å². The molecule has 16 heavy (non-hydrogen) atoms. The predicted octanol–water partition coefficient (Wildman–Crippen LogP) is 2.25. The minimum absolute atomic E-state index is 0.0289. The third-order valence-corrected chi connectivity index (χ3v) is 3.38. The molecule has 84 valence electrons. The highest BCUT2D eigenvalue weighted by molar-refractivity contribution is 5.68. The fourth-order valence-electron chi connectivity index (χ4n) is 2.74. The summed E-state index contributed by atoms with van der Waals surface area (Å²) in [5.41, 5.74) is 0.828. The van der Waals surface area contributed by atoms with Crippen molar-refractivity contribution in [3.05, 3.63) is 35.6 Å². The first-order valence-corrected chi connectivity index (χ1v) is 5.67. The molecule has 1 saturated carbocycles. The molecule has 2 bridgehead atoms. The highest BCUT2D eigenvalue weighted by Gasteiger charge is 2.45. The Balaban J connectivity index is 2.06. The van der Waals surface area contributed by atoms with Crippen LogP contribution < -0.4 is 0 Å². The fourth-order valence-corrected chi connectivity index (χ4v) is 2.74. The van der Waals surface area contributed by atoms with Crippen LogP contribution in [0.15, 0.2) is 35.6 Å². The van der Waals surface area contributed by atoms with Gasteiger partial charge in [-0.1, -0.05) is 6.08 Å². The van der Waals surface area contributed by atoms with E-state index in [0.717, 1.165) is 24.8 Å². The minimum Gasteiger partial charge on any atom is -0.427 e. The van der Waals surface area contributed by atoms with Crippen molar-refractivity contribution in [3.63, 3.8) is 0 Å². The molecule has 0 aromatic rings. The molecule has 2 heterocycles. The van der Waals surface area contributed by atoms with Crippen molar-refractivity contribution < 1.29 is 14.3 Å². The summed E-state index contributed by atoms with van der Waals surface area (Å²) < 4.78 is 11.3. The van der Waals surface area contributed by atoms with Gasteiger partial charge in [0.15, 0.2) is 0 Å². The molecule has 1 spiro atoms. The van der Waals surface area contributed by atoms with E-state index in [4.69, 9.17) is 9.47 Å². The van der Waals surface area contributed by atoms with Gasteiger partial charge in [0.1, 0.15) is 11.4 Å². The molecule has 2 atom stereocenters. The summed E-state index contributed by atoms with van der Waals surface area (Å²) in [5.74, 6) is 0.424. The van der Waals surface area contributed by atoms with Crippen molar-refractivity contribution in [2.45, 2.75) is 37.9 Å². The number of hydrogen-bond donors (Lipinski definition) is 0. The van der Waals surface area contributed by atoms with Gasteiger partial charge in [0.25, 0.3) is 0 Å². The van der Waals surface area contributed by atoms with Crippen LogP contribution >= 0.6 is 0 Å². The number of ether oxygens (including phenoxy) is 2. The van der Waals surface area contributed by atoms with E-state index in [9.17, 15) is 4.79 Å². The van der Waals surface area contributed by atoms with E-state index in [2.05, 4.69) is 12.2 Å². The maximum Gasteiger partial charge on any atom is 0.308 e. The molecule has 0 aromatic carbocycles. The zero-order valence-corrected chi connectivity index (χ0v) is 9.23. The van der Waals surface area contributed by atoms with Gasteiger partial charge in [-0.25, -0.2) is 0 Å². The summed E-state index contributed by atoms with van der Waals surface area (Å²) in [5, 5.41) is 0. The Bertz CT molecular complexity index is 430. The van der Waals surface area contributed by atoms with E-state index >= 15 is 0 Å². The van der Waals surface area contributed by atoms with Crippen molar-refractivity contribution in [2.75, 3.05) is 0 Å². The van der Waals surface area contributed by atoms with Crippen LogP contribution in [0.3, 0.4) is 0 Å². The molecule has 3 nitrogen and oxygen atoms in total. The third-order valence-electron chi connectivity index (χ3n) is 3.38. The number of rotatable bonds is 1. The first-order valence-electron chi connectivity index (χ1n) is 5.67. The van der Waals surface area contributed by atoms with Gasteiger partial charge in [-0.2, -0.15) is 0 Å². The molecule has 3 aliphatic rings. The van der Waals surface area contributed by atoms with Gasteiger partial charge < -0.3 is 9.47 Å². The molecular formula is C13H14O3. The maximum absolute atomic E-state index is 11.1. The average molecular weight is 218 g/mol. The quantitative estimate of drug-likeness (QED) is 0.500. The van der Waals surface area contributed by atoms with Crippen LogP contribution in [0.1, 0.15) is 26.2 Å². The normalized spacial score (nSPS) is 35.2. The monoisotopic (exact) mass is 218 g/mol. The number of hydrogen-bond acceptors (Lipinski definition) is 3. The van der Waals surface area contributed by atoms with E-state index in [1.165, 1.54) is 6.92 Å². The second-order valence-corrected chi connectivity index (χ2v) is 4.48. The van der Waals surface area contributed by atoms with E-state index in [1.807, 2.05) is 12.2 Å². The second-order valence-electron chi connectivity index (χ2n) is 4.48. The summed E-state index contributed by atoms with van der Waals surface area (Å²) in [7, 11) is 0. The van der Waals surface area contributed by atoms with Crippen LogP contribution in [0.4, 0.5) is 0 Å². The van der Waals surface area contributed by atoms with Crippen LogP contribution in [0.25, 0.3) is 0 Å². The highest BCUT2D eigenvalue weighted by atomic mass is 16.5. The zero-order valence-electron chi connectivity index (χ0n) is 9.23. The lowest BCUT2D eigenvalue weighted by Crippen LogP contribution is -2.27. The Labute approximate surface area is 94.4 Å². The molecule has 1 fully saturated rings. The topological polar surface area (TPSA) is 35.5 Å². The molecule has 1 aliphatic carbocycles. The maximum atomic E-state index is 11.1. The summed E-state index contributed by atoms with van der Waals surface area (Å²) >= 11 is 0. The molecule has 3 rings (SSSR count). The average Bonchev–Trinajstić information content (AvgIpc) is 2.78. The van der Waals surface area contributed by atoms with Crippen LogP contribution in [-0.4, -0.2) is 17.7 Å². The Morgan fingerprint density at radius 1 is 1.56 bits per heavy atom. The molecule has 0 aromatic heterocycles. The molecule has 0 amide bonds. The van der Waals surface area contributed by atoms with E-state index in [1.54, 1.807) is 0 Å². The summed E-state index contributed by atoms with van der Waals surface area (Å²) in [6.07, 6.45) is 11.1. The Morgan fingerprint density at radius 2 is 2.44 bits per heavy atom. The van der Waals surface area contributed by atoms with Crippen LogP contribution in [0.2, 0.25) is 0 Å². The minimum atomic E-state index is -0.293. The third kappa shape index (κ3) is 1.35. The molecule has 3 heteroatoms. The summed E-state index contributed by atoms with van der Waals surface area (Å²) in [6, 6.07) is 0. The lowest BCUT2D eigenvalue weighted by molar-refractivity contribution is -0.136. The number of fused-ring (bicyclic) bond motifs is 1. The van der Waals surface area contributed by atoms with Crippen molar-refractivity contribution in [1.29, 1.82) is 0 Å². The zero-order chi connectivity index (χ0) is 11.2. The van der Waals surface area contributed by atoms with Gasteiger partial charge in [-0.15, -0.1) is 0 Å². The van der Waals surface area contributed by atoms with Gasteiger partial charge in [0, 0.05) is 12.5 Å². The number of esters is 1. The second kappa shape index (κ2) is 3.32. The highest BCUT2D eigenvalue weighted by Crippen LogP contribution is 2.46. The number of allylic oxidation sites excluding steroid dienone is 1. The summed E-state index contributed by atoms with van der Waals surface area (Å²) in [4.78, 5) is 11.1. The van der Waals surface area contributed by atoms with Crippen LogP contribution in [0, 0.1) is 0 Å². The molecule has 2 aliphatic heterocycles. The molecule has 0 N–H and O–H groups in total. The largest absolute Gasteiger partial charge is 0.427 e. The number of carbonyl (C=O) groups excluding carboxylic acids is 1. The lowest BCUT2D eigenvalue weighted by atomic mass is 9.95. The Morgan fingerprint density at radius 3 is 3.25 bits per heavy atom. The van der Waals surface area contributed by atoms with Gasteiger partial charge >= 0.3 is 5.97 Å². The Hall–Kier alpha value is -1.35. The first kappa shape index (κ1) is 9.85. The number of carbonyl (C=O) groups is 1. The standard InChI is InChI=1S/C13H14O3/c1-9(14)15-12-5-4-10-6-8-13(16-10)7-2-3-11(12)13/h4-6,8,10H,2-3,7H2,1H3. The van der Waals surface area contributed by atoms with Crippen LogP contribution in [-0.2, 0) is 14.3 Å². The van der Waals surface area contributed by atoms with Gasteiger partial charge in [0.2, 0.25) is 0 Å². The fraction of sp³-hybridized carbons (Fsp3) is 0.462. The van der Waals surface area contributed by atoms with E-state index < -0.39 is 0 Å². The smallest absolute Gasteiger partial charge is 0.308 e. The Kier molecular flexibility index (Phi) is 2.04. The van der Waals surface area contributed by atoms with Gasteiger partial charge in [0.05, 0.1) is 6.10 Å². The van der Waals surface area contributed by atoms with Crippen molar-refractivity contribution in [2.24, 2.45) is 0 Å².